The molecule has 22 heavy (non-hydrogen) atoms. The summed E-state index contributed by atoms with van der Waals surface area (Å²) in [5.74, 6) is 0. The van der Waals surface area contributed by atoms with E-state index in [1.165, 1.54) is 25.1 Å². The number of nitrogens with zero attached hydrogens (tertiary/aromatic N) is 2. The zero-order chi connectivity index (χ0) is 15.6. The molecule has 2 saturated heterocycles. The van der Waals surface area contributed by atoms with Gasteiger partial charge in [-0.2, -0.15) is 0 Å². The van der Waals surface area contributed by atoms with E-state index in [0.717, 1.165) is 32.5 Å². The maximum absolute atomic E-state index is 9.79. The first-order chi connectivity index (χ1) is 10.6. The number of anilines is 1. The fourth-order valence-corrected chi connectivity index (χ4v) is 4.02. The van der Waals surface area contributed by atoms with Gasteiger partial charge in [0.05, 0.1) is 6.10 Å². The van der Waals surface area contributed by atoms with Crippen molar-refractivity contribution in [2.45, 2.75) is 51.7 Å². The highest BCUT2D eigenvalue weighted by molar-refractivity contribution is 5.46. The maximum Gasteiger partial charge on any atom is 0.0567 e. The first-order valence-electron chi connectivity index (χ1n) is 8.78. The van der Waals surface area contributed by atoms with E-state index in [1.54, 1.807) is 0 Å². The van der Waals surface area contributed by atoms with Crippen molar-refractivity contribution in [1.29, 1.82) is 0 Å². The number of aliphatic hydroxyl groups is 1. The fourth-order valence-electron chi connectivity index (χ4n) is 4.02. The topological polar surface area (TPSA) is 26.7 Å². The zero-order valence-electron chi connectivity index (χ0n) is 14.0. The van der Waals surface area contributed by atoms with Crippen LogP contribution in [0.15, 0.2) is 30.3 Å². The van der Waals surface area contributed by atoms with E-state index in [-0.39, 0.29) is 6.10 Å². The first-order valence-corrected chi connectivity index (χ1v) is 8.78. The highest BCUT2D eigenvalue weighted by atomic mass is 16.3. The van der Waals surface area contributed by atoms with Gasteiger partial charge in [0, 0.05) is 37.9 Å². The van der Waals surface area contributed by atoms with Crippen LogP contribution in [0.3, 0.4) is 0 Å². The minimum absolute atomic E-state index is 0.0843. The second-order valence-electron chi connectivity index (χ2n) is 7.63. The Balaban J connectivity index is 1.55. The average Bonchev–Trinajstić information content (AvgIpc) is 2.52. The zero-order valence-corrected chi connectivity index (χ0v) is 14.0. The summed E-state index contributed by atoms with van der Waals surface area (Å²) in [5.41, 5.74) is 1.78. The van der Waals surface area contributed by atoms with Gasteiger partial charge < -0.3 is 10.0 Å². The van der Waals surface area contributed by atoms with Crippen LogP contribution in [-0.2, 0) is 0 Å². The molecule has 3 nitrogen and oxygen atoms in total. The van der Waals surface area contributed by atoms with Crippen LogP contribution in [0.5, 0.6) is 0 Å². The van der Waals surface area contributed by atoms with E-state index >= 15 is 0 Å². The molecule has 2 atom stereocenters. The summed E-state index contributed by atoms with van der Waals surface area (Å²) in [5, 5.41) is 9.79. The normalized spacial score (nSPS) is 29.5. The first kappa shape index (κ1) is 15.8. The molecule has 122 valence electrons. The van der Waals surface area contributed by atoms with Gasteiger partial charge in [0.1, 0.15) is 0 Å². The molecule has 0 spiro atoms. The van der Waals surface area contributed by atoms with Gasteiger partial charge in [-0.05, 0) is 50.2 Å². The minimum atomic E-state index is -0.0843. The smallest absolute Gasteiger partial charge is 0.0567 e. The Labute approximate surface area is 134 Å². The Kier molecular flexibility index (Phi) is 4.74. The molecule has 0 aromatic heterocycles. The number of para-hydroxylation sites is 1. The number of likely N-dealkylation sites (tertiary alicyclic amines) is 1. The lowest BCUT2D eigenvalue weighted by atomic mass is 9.79. The van der Waals surface area contributed by atoms with Gasteiger partial charge in [0.15, 0.2) is 0 Å². The number of hydrogen-bond acceptors (Lipinski definition) is 3. The second-order valence-corrected chi connectivity index (χ2v) is 7.63. The predicted molar refractivity (Wildman–Crippen MR) is 92.3 cm³/mol. The summed E-state index contributed by atoms with van der Waals surface area (Å²) in [6.07, 6.45) is 4.31. The molecule has 0 aliphatic carbocycles. The van der Waals surface area contributed by atoms with Gasteiger partial charge in [-0.15, -0.1) is 0 Å². The van der Waals surface area contributed by atoms with Crippen molar-refractivity contribution >= 4 is 5.69 Å². The summed E-state index contributed by atoms with van der Waals surface area (Å²) in [4.78, 5) is 5.12. The SMILES string of the molecule is CC1CC(O)CCN1CC1(C)CCN(c2ccccc2)CC1. The van der Waals surface area contributed by atoms with Gasteiger partial charge >= 0.3 is 0 Å². The van der Waals surface area contributed by atoms with Gasteiger partial charge in [0.25, 0.3) is 0 Å². The molecule has 1 N–H and O–H groups in total. The Morgan fingerprint density at radius 2 is 1.82 bits per heavy atom. The van der Waals surface area contributed by atoms with Crippen LogP contribution in [0.4, 0.5) is 5.69 Å². The Morgan fingerprint density at radius 3 is 2.45 bits per heavy atom. The van der Waals surface area contributed by atoms with E-state index in [9.17, 15) is 5.11 Å². The standard InChI is InChI=1S/C19H30N2O/c1-16-14-18(22)8-11-21(16)15-19(2)9-12-20(13-10-19)17-6-4-3-5-7-17/h3-7,16,18,22H,8-15H2,1-2H3. The Hall–Kier alpha value is -1.06. The molecule has 2 fully saturated rings. The molecule has 2 aliphatic heterocycles. The molecular weight excluding hydrogens is 272 g/mol. The van der Waals surface area contributed by atoms with E-state index in [1.807, 2.05) is 0 Å². The monoisotopic (exact) mass is 302 g/mol. The lowest BCUT2D eigenvalue weighted by molar-refractivity contribution is 0.0201. The lowest BCUT2D eigenvalue weighted by Gasteiger charge is -2.46. The number of benzene rings is 1. The van der Waals surface area contributed by atoms with Crippen molar-refractivity contribution in [1.82, 2.24) is 4.90 Å². The fraction of sp³-hybridized carbons (Fsp3) is 0.684. The molecule has 0 saturated carbocycles. The Morgan fingerprint density at radius 1 is 1.14 bits per heavy atom. The summed E-state index contributed by atoms with van der Waals surface area (Å²) < 4.78 is 0. The van der Waals surface area contributed by atoms with Crippen molar-refractivity contribution in [2.24, 2.45) is 5.41 Å². The highest BCUT2D eigenvalue weighted by Gasteiger charge is 2.34. The second kappa shape index (κ2) is 6.59. The molecule has 1 aromatic carbocycles. The molecule has 0 bridgehead atoms. The average molecular weight is 302 g/mol. The quantitative estimate of drug-likeness (QED) is 0.929. The van der Waals surface area contributed by atoms with Crippen molar-refractivity contribution in [3.8, 4) is 0 Å². The number of piperidine rings is 2. The molecule has 2 aliphatic rings. The van der Waals surface area contributed by atoms with Crippen LogP contribution in [0, 0.1) is 5.41 Å². The van der Waals surface area contributed by atoms with E-state index < -0.39 is 0 Å². The molecule has 2 heterocycles. The molecular formula is C19H30N2O. The number of rotatable bonds is 3. The molecule has 1 aromatic rings. The van der Waals surface area contributed by atoms with Crippen molar-refractivity contribution < 1.29 is 5.11 Å². The third-order valence-corrected chi connectivity index (χ3v) is 5.66. The molecule has 0 amide bonds. The molecule has 3 rings (SSSR count). The molecule has 2 unspecified atom stereocenters. The van der Waals surface area contributed by atoms with Crippen LogP contribution in [-0.4, -0.2) is 48.3 Å². The summed E-state index contributed by atoms with van der Waals surface area (Å²) in [6.45, 7) is 9.28. The predicted octanol–water partition coefficient (Wildman–Crippen LogP) is 3.14. The highest BCUT2D eigenvalue weighted by Crippen LogP contribution is 2.35. The lowest BCUT2D eigenvalue weighted by Crippen LogP contribution is -2.50. The molecule has 0 radical (unpaired) electrons. The van der Waals surface area contributed by atoms with E-state index in [0.29, 0.717) is 11.5 Å². The number of aliphatic hydroxyl groups excluding tert-OH is 1. The largest absolute Gasteiger partial charge is 0.393 e. The van der Waals surface area contributed by atoms with Crippen LogP contribution in [0.2, 0.25) is 0 Å². The van der Waals surface area contributed by atoms with Crippen molar-refractivity contribution in [2.75, 3.05) is 31.1 Å². The summed E-state index contributed by atoms with van der Waals surface area (Å²) >= 11 is 0. The van der Waals surface area contributed by atoms with Crippen LogP contribution < -0.4 is 4.90 Å². The maximum atomic E-state index is 9.79. The van der Waals surface area contributed by atoms with Crippen LogP contribution in [0.1, 0.15) is 39.5 Å². The van der Waals surface area contributed by atoms with Crippen molar-refractivity contribution in [3.05, 3.63) is 30.3 Å². The van der Waals surface area contributed by atoms with E-state index in [2.05, 4.69) is 54.0 Å². The third kappa shape index (κ3) is 3.64. The van der Waals surface area contributed by atoms with Crippen molar-refractivity contribution in [3.63, 3.8) is 0 Å². The van der Waals surface area contributed by atoms with Gasteiger partial charge in [0.2, 0.25) is 0 Å². The molecule has 3 heteroatoms. The third-order valence-electron chi connectivity index (χ3n) is 5.66. The van der Waals surface area contributed by atoms with E-state index in [4.69, 9.17) is 0 Å². The van der Waals surface area contributed by atoms with Gasteiger partial charge in [-0.1, -0.05) is 25.1 Å². The van der Waals surface area contributed by atoms with Crippen LogP contribution >= 0.6 is 0 Å². The van der Waals surface area contributed by atoms with Gasteiger partial charge in [-0.25, -0.2) is 0 Å². The summed E-state index contributed by atoms with van der Waals surface area (Å²) in [7, 11) is 0. The summed E-state index contributed by atoms with van der Waals surface area (Å²) in [6, 6.07) is 11.3. The minimum Gasteiger partial charge on any atom is -0.393 e. The van der Waals surface area contributed by atoms with Crippen LogP contribution in [0.25, 0.3) is 0 Å². The van der Waals surface area contributed by atoms with Gasteiger partial charge in [-0.3, -0.25) is 4.90 Å². The Bertz CT molecular complexity index is 468. The number of hydrogen-bond donors (Lipinski definition) is 1.